The molecule has 0 aliphatic carbocycles. The number of aliphatic hydroxyl groups excluding tert-OH is 1. The van der Waals surface area contributed by atoms with Gasteiger partial charge in [0.15, 0.2) is 0 Å². The average Bonchev–Trinajstić information content (AvgIpc) is 3.26. The number of morpholine rings is 1. The van der Waals surface area contributed by atoms with Crippen LogP contribution in [0.3, 0.4) is 0 Å². The Hall–Kier alpha value is -4.14. The summed E-state index contributed by atoms with van der Waals surface area (Å²) in [6.07, 6.45) is 0.701. The van der Waals surface area contributed by atoms with Crippen LogP contribution in [-0.2, 0) is 20.9 Å². The van der Waals surface area contributed by atoms with Crippen LogP contribution in [0.15, 0.2) is 78.4 Å². The second-order valence-electron chi connectivity index (χ2n) is 10.6. The first-order chi connectivity index (χ1) is 20.5. The maximum Gasteiger partial charge on any atom is 0.295 e. The van der Waals surface area contributed by atoms with Gasteiger partial charge >= 0.3 is 0 Å². The highest BCUT2D eigenvalue weighted by molar-refractivity contribution is 6.46. The first-order valence-corrected chi connectivity index (χ1v) is 14.5. The number of hydrogen-bond acceptors (Lipinski definition) is 7. The Labute approximate surface area is 247 Å². The number of nitrogens with zero attached hydrogens (tertiary/aromatic N) is 2. The number of aliphatic hydroxyl groups is 1. The molecular weight excluding hydrogens is 532 g/mol. The van der Waals surface area contributed by atoms with E-state index in [1.165, 1.54) is 0 Å². The maximum atomic E-state index is 13.5. The third-order valence-electron chi connectivity index (χ3n) is 7.73. The summed E-state index contributed by atoms with van der Waals surface area (Å²) in [6.45, 7) is 9.01. The minimum Gasteiger partial charge on any atom is -0.507 e. The van der Waals surface area contributed by atoms with E-state index in [1.807, 2.05) is 74.5 Å². The van der Waals surface area contributed by atoms with Crippen molar-refractivity contribution in [2.45, 2.75) is 32.9 Å². The van der Waals surface area contributed by atoms with Gasteiger partial charge in [-0.15, -0.1) is 0 Å². The number of aryl methyl sites for hydroxylation is 1. The minimum absolute atomic E-state index is 0.0941. The minimum atomic E-state index is -0.709. The highest BCUT2D eigenvalue weighted by atomic mass is 16.5. The van der Waals surface area contributed by atoms with Crippen LogP contribution in [0.4, 0.5) is 0 Å². The van der Waals surface area contributed by atoms with E-state index in [0.717, 1.165) is 36.3 Å². The van der Waals surface area contributed by atoms with Crippen molar-refractivity contribution in [3.8, 4) is 11.5 Å². The van der Waals surface area contributed by atoms with Gasteiger partial charge in [-0.05, 0) is 67.3 Å². The summed E-state index contributed by atoms with van der Waals surface area (Å²) in [5.74, 6) is -0.110. The van der Waals surface area contributed by atoms with Crippen molar-refractivity contribution in [1.82, 2.24) is 9.80 Å². The van der Waals surface area contributed by atoms with E-state index >= 15 is 0 Å². The molecule has 42 heavy (non-hydrogen) atoms. The lowest BCUT2D eigenvalue weighted by Crippen LogP contribution is -2.38. The van der Waals surface area contributed by atoms with Gasteiger partial charge < -0.3 is 24.2 Å². The van der Waals surface area contributed by atoms with Gasteiger partial charge in [0.05, 0.1) is 31.4 Å². The van der Waals surface area contributed by atoms with Crippen molar-refractivity contribution in [3.05, 3.63) is 101 Å². The predicted molar refractivity (Wildman–Crippen MR) is 160 cm³/mol. The van der Waals surface area contributed by atoms with Crippen molar-refractivity contribution in [2.75, 3.05) is 46.0 Å². The quantitative estimate of drug-likeness (QED) is 0.195. The topological polar surface area (TPSA) is 88.5 Å². The summed E-state index contributed by atoms with van der Waals surface area (Å²) in [5, 5.41) is 11.6. The van der Waals surface area contributed by atoms with Crippen LogP contribution >= 0.6 is 0 Å². The Morgan fingerprint density at radius 2 is 1.64 bits per heavy atom. The summed E-state index contributed by atoms with van der Waals surface area (Å²) >= 11 is 0. The number of carbonyl (C=O) groups excluding carboxylic acids is 2. The van der Waals surface area contributed by atoms with Crippen LogP contribution in [-0.4, -0.2) is 72.6 Å². The largest absolute Gasteiger partial charge is 0.507 e. The third-order valence-corrected chi connectivity index (χ3v) is 7.73. The molecule has 1 amide bonds. The molecule has 2 saturated heterocycles. The summed E-state index contributed by atoms with van der Waals surface area (Å²) < 4.78 is 17.0. The fraction of sp³-hybridized carbons (Fsp3) is 0.353. The van der Waals surface area contributed by atoms with Gasteiger partial charge in [0, 0.05) is 31.7 Å². The Morgan fingerprint density at radius 3 is 2.33 bits per heavy atom. The average molecular weight is 571 g/mol. The Balaban J connectivity index is 1.43. The zero-order valence-electron chi connectivity index (χ0n) is 24.3. The highest BCUT2D eigenvalue weighted by Gasteiger charge is 2.46. The van der Waals surface area contributed by atoms with Gasteiger partial charge in [-0.25, -0.2) is 0 Å². The van der Waals surface area contributed by atoms with E-state index in [1.54, 1.807) is 17.0 Å². The van der Waals surface area contributed by atoms with Crippen LogP contribution in [0.25, 0.3) is 5.76 Å². The lowest BCUT2D eigenvalue weighted by molar-refractivity contribution is -0.140. The third kappa shape index (κ3) is 6.66. The van der Waals surface area contributed by atoms with Crippen molar-refractivity contribution in [1.29, 1.82) is 0 Å². The molecule has 0 spiro atoms. The summed E-state index contributed by atoms with van der Waals surface area (Å²) in [4.78, 5) is 30.8. The fourth-order valence-electron chi connectivity index (χ4n) is 5.54. The second kappa shape index (κ2) is 13.7. The van der Waals surface area contributed by atoms with Crippen molar-refractivity contribution in [3.63, 3.8) is 0 Å². The number of amides is 1. The van der Waals surface area contributed by atoms with Crippen molar-refractivity contribution >= 4 is 17.4 Å². The van der Waals surface area contributed by atoms with Crippen LogP contribution in [0.2, 0.25) is 0 Å². The smallest absolute Gasteiger partial charge is 0.295 e. The first-order valence-electron chi connectivity index (χ1n) is 14.5. The zero-order valence-corrected chi connectivity index (χ0v) is 24.3. The molecule has 8 heteroatoms. The van der Waals surface area contributed by atoms with Crippen molar-refractivity contribution in [2.24, 2.45) is 0 Å². The van der Waals surface area contributed by atoms with Gasteiger partial charge in [-0.2, -0.15) is 0 Å². The molecule has 8 nitrogen and oxygen atoms in total. The lowest BCUT2D eigenvalue weighted by Gasteiger charge is -2.29. The standard InChI is InChI=1S/C34H38N2O6/c1-3-41-27-12-10-26(11-13-27)31-30(33(38)34(39)36(31)17-7-16-35-18-20-40-21-19-35)32(37)29-15-14-28(22-24(29)2)42-23-25-8-5-4-6-9-25/h4-6,8-15,22,31,37H,3,7,16-21,23H2,1-2H3. The Morgan fingerprint density at radius 1 is 0.929 bits per heavy atom. The van der Waals surface area contributed by atoms with Gasteiger partial charge in [0.1, 0.15) is 23.9 Å². The monoisotopic (exact) mass is 570 g/mol. The summed E-state index contributed by atoms with van der Waals surface area (Å²) in [6, 6.07) is 21.9. The van der Waals surface area contributed by atoms with Gasteiger partial charge in [0.25, 0.3) is 11.7 Å². The number of carbonyl (C=O) groups is 2. The molecule has 0 radical (unpaired) electrons. The molecule has 2 heterocycles. The number of likely N-dealkylation sites (tertiary alicyclic amines) is 1. The number of Topliss-reactive ketones (excluding diaryl/α,β-unsaturated/α-hetero) is 1. The van der Waals surface area contributed by atoms with E-state index in [4.69, 9.17) is 14.2 Å². The van der Waals surface area contributed by atoms with Crippen LogP contribution in [0.1, 0.15) is 41.6 Å². The number of rotatable bonds is 11. The molecule has 3 aromatic rings. The number of hydrogen-bond donors (Lipinski definition) is 1. The Bertz CT molecular complexity index is 1410. The molecule has 5 rings (SSSR count). The van der Waals surface area contributed by atoms with E-state index < -0.39 is 17.7 Å². The molecule has 3 aromatic carbocycles. The molecule has 1 atom stereocenters. The van der Waals surface area contributed by atoms with Crippen LogP contribution in [0.5, 0.6) is 11.5 Å². The molecule has 2 aliphatic heterocycles. The number of benzene rings is 3. The predicted octanol–water partition coefficient (Wildman–Crippen LogP) is 5.12. The maximum absolute atomic E-state index is 13.5. The highest BCUT2D eigenvalue weighted by Crippen LogP contribution is 2.40. The normalized spacial score (nSPS) is 18.8. The molecule has 220 valence electrons. The number of ketones is 1. The molecule has 0 aromatic heterocycles. The van der Waals surface area contributed by atoms with Gasteiger partial charge in [-0.3, -0.25) is 14.5 Å². The second-order valence-corrected chi connectivity index (χ2v) is 10.6. The molecule has 2 aliphatic rings. The fourth-order valence-corrected chi connectivity index (χ4v) is 5.54. The molecule has 0 bridgehead atoms. The zero-order chi connectivity index (χ0) is 29.5. The van der Waals surface area contributed by atoms with Crippen LogP contribution < -0.4 is 9.47 Å². The van der Waals surface area contributed by atoms with Crippen molar-refractivity contribution < 1.29 is 28.9 Å². The summed E-state index contributed by atoms with van der Waals surface area (Å²) in [7, 11) is 0. The number of ether oxygens (including phenoxy) is 3. The molecule has 1 unspecified atom stereocenters. The van der Waals surface area contributed by atoms with E-state index in [2.05, 4.69) is 4.90 Å². The molecule has 1 N–H and O–H groups in total. The molecular formula is C34H38N2O6. The summed E-state index contributed by atoms with van der Waals surface area (Å²) in [5.41, 5.74) is 3.11. The van der Waals surface area contributed by atoms with Gasteiger partial charge in [-0.1, -0.05) is 42.5 Å². The Kier molecular flexibility index (Phi) is 9.56. The van der Waals surface area contributed by atoms with E-state index in [0.29, 0.717) is 56.5 Å². The molecule has 2 fully saturated rings. The van der Waals surface area contributed by atoms with E-state index in [9.17, 15) is 14.7 Å². The van der Waals surface area contributed by atoms with Gasteiger partial charge in [0.2, 0.25) is 0 Å². The SMILES string of the molecule is CCOc1ccc(C2C(=C(O)c3ccc(OCc4ccccc4)cc3C)C(=O)C(=O)N2CCCN2CCOCC2)cc1. The van der Waals surface area contributed by atoms with Crippen LogP contribution in [0, 0.1) is 6.92 Å². The van der Waals surface area contributed by atoms with E-state index in [-0.39, 0.29) is 11.3 Å². The molecule has 0 saturated carbocycles. The lowest BCUT2D eigenvalue weighted by atomic mass is 9.93. The first kappa shape index (κ1) is 29.4.